The van der Waals surface area contributed by atoms with Crippen molar-refractivity contribution < 1.29 is 14.3 Å². The second-order valence-corrected chi connectivity index (χ2v) is 5.68. The molecule has 25 heavy (non-hydrogen) atoms. The van der Waals surface area contributed by atoms with E-state index in [0.29, 0.717) is 0 Å². The van der Waals surface area contributed by atoms with E-state index < -0.39 is 11.9 Å². The molecule has 0 aromatic heterocycles. The van der Waals surface area contributed by atoms with Crippen molar-refractivity contribution in [3.05, 3.63) is 89.8 Å². The largest absolute Gasteiger partial charge is 0.386 e. The summed E-state index contributed by atoms with van der Waals surface area (Å²) in [6, 6.07) is 19.8. The highest BCUT2D eigenvalue weighted by atomic mass is 19.1. The smallest absolute Gasteiger partial charge is 0.244 e. The predicted molar refractivity (Wildman–Crippen MR) is 97.4 cm³/mol. The Bertz CT molecular complexity index is 915. The SMILES string of the molecule is O=C(C=Cc1cccc2ccccc12)NCC(O)c1ccccc1F. The molecule has 3 aromatic rings. The van der Waals surface area contributed by atoms with Crippen LogP contribution < -0.4 is 5.32 Å². The van der Waals surface area contributed by atoms with Gasteiger partial charge in [-0.15, -0.1) is 0 Å². The lowest BCUT2D eigenvalue weighted by atomic mass is 10.0. The Hall–Kier alpha value is -2.98. The molecule has 1 atom stereocenters. The van der Waals surface area contributed by atoms with E-state index in [0.717, 1.165) is 16.3 Å². The Morgan fingerprint density at radius 2 is 1.76 bits per heavy atom. The van der Waals surface area contributed by atoms with Crippen LogP contribution in [0.25, 0.3) is 16.8 Å². The molecule has 0 saturated carbocycles. The average Bonchev–Trinajstić information content (AvgIpc) is 2.64. The molecule has 0 saturated heterocycles. The molecule has 3 aromatic carbocycles. The number of rotatable bonds is 5. The summed E-state index contributed by atoms with van der Waals surface area (Å²) in [6.07, 6.45) is 2.05. The fourth-order valence-electron chi connectivity index (χ4n) is 2.67. The highest BCUT2D eigenvalue weighted by molar-refractivity contribution is 5.96. The summed E-state index contributed by atoms with van der Waals surface area (Å²) in [7, 11) is 0. The Kier molecular flexibility index (Phi) is 5.21. The fraction of sp³-hybridized carbons (Fsp3) is 0.0952. The minimum absolute atomic E-state index is 0.0559. The van der Waals surface area contributed by atoms with Crippen molar-refractivity contribution in [1.82, 2.24) is 5.32 Å². The molecule has 3 rings (SSSR count). The molecule has 3 nitrogen and oxygen atoms in total. The van der Waals surface area contributed by atoms with Gasteiger partial charge in [-0.05, 0) is 28.5 Å². The van der Waals surface area contributed by atoms with Gasteiger partial charge in [0.15, 0.2) is 0 Å². The van der Waals surface area contributed by atoms with Crippen molar-refractivity contribution >= 4 is 22.8 Å². The second kappa shape index (κ2) is 7.73. The van der Waals surface area contributed by atoms with Gasteiger partial charge in [0.2, 0.25) is 5.91 Å². The van der Waals surface area contributed by atoms with Gasteiger partial charge in [0.25, 0.3) is 0 Å². The van der Waals surface area contributed by atoms with Gasteiger partial charge in [-0.3, -0.25) is 4.79 Å². The highest BCUT2D eigenvalue weighted by Gasteiger charge is 2.12. The molecular formula is C21H18FNO2. The maximum absolute atomic E-state index is 13.6. The van der Waals surface area contributed by atoms with E-state index in [2.05, 4.69) is 5.32 Å². The van der Waals surface area contributed by atoms with E-state index >= 15 is 0 Å². The summed E-state index contributed by atoms with van der Waals surface area (Å²) in [5.74, 6) is -0.834. The van der Waals surface area contributed by atoms with Crippen molar-refractivity contribution in [1.29, 1.82) is 0 Å². The predicted octanol–water partition coefficient (Wildman–Crippen LogP) is 3.84. The van der Waals surface area contributed by atoms with Crippen LogP contribution in [-0.2, 0) is 4.79 Å². The molecule has 126 valence electrons. The third-order valence-electron chi connectivity index (χ3n) is 3.97. The van der Waals surface area contributed by atoms with Crippen LogP contribution in [0, 0.1) is 5.82 Å². The number of amides is 1. The number of halogens is 1. The summed E-state index contributed by atoms with van der Waals surface area (Å²) >= 11 is 0. The number of hydrogen-bond acceptors (Lipinski definition) is 2. The zero-order chi connectivity index (χ0) is 17.6. The molecule has 0 aliphatic rings. The first-order valence-electron chi connectivity index (χ1n) is 8.01. The maximum atomic E-state index is 13.6. The first-order chi connectivity index (χ1) is 12.1. The summed E-state index contributed by atoms with van der Waals surface area (Å²) < 4.78 is 13.6. The minimum Gasteiger partial charge on any atom is -0.386 e. The van der Waals surface area contributed by atoms with Crippen LogP contribution in [0.1, 0.15) is 17.2 Å². The Morgan fingerprint density at radius 1 is 1.04 bits per heavy atom. The van der Waals surface area contributed by atoms with Crippen molar-refractivity contribution in [3.63, 3.8) is 0 Å². The molecule has 0 aliphatic heterocycles. The van der Waals surface area contributed by atoms with Gasteiger partial charge in [-0.1, -0.05) is 60.7 Å². The molecule has 0 aliphatic carbocycles. The lowest BCUT2D eigenvalue weighted by Crippen LogP contribution is -2.27. The number of nitrogens with one attached hydrogen (secondary N) is 1. The van der Waals surface area contributed by atoms with E-state index in [4.69, 9.17) is 0 Å². The minimum atomic E-state index is -1.09. The molecule has 4 heteroatoms. The summed E-state index contributed by atoms with van der Waals surface area (Å²) in [4.78, 5) is 12.0. The maximum Gasteiger partial charge on any atom is 0.244 e. The number of benzene rings is 3. The third kappa shape index (κ3) is 4.11. The average molecular weight is 335 g/mol. The van der Waals surface area contributed by atoms with Crippen LogP contribution >= 0.6 is 0 Å². The standard InChI is InChI=1S/C21H18FNO2/c22-19-11-4-3-10-18(19)20(24)14-23-21(25)13-12-16-8-5-7-15-6-1-2-9-17(15)16/h1-13,20,24H,14H2,(H,23,25). The zero-order valence-electron chi connectivity index (χ0n) is 13.5. The van der Waals surface area contributed by atoms with Crippen molar-refractivity contribution in [2.24, 2.45) is 0 Å². The summed E-state index contributed by atoms with van der Waals surface area (Å²) in [5, 5.41) is 14.7. The number of carbonyl (C=O) groups excluding carboxylic acids is 1. The molecule has 2 N–H and O–H groups in total. The molecule has 1 amide bonds. The van der Waals surface area contributed by atoms with E-state index in [-0.39, 0.29) is 18.0 Å². The van der Waals surface area contributed by atoms with Crippen molar-refractivity contribution in [3.8, 4) is 0 Å². The van der Waals surface area contributed by atoms with Crippen LogP contribution in [-0.4, -0.2) is 17.6 Å². The first-order valence-corrected chi connectivity index (χ1v) is 8.01. The molecule has 0 radical (unpaired) electrons. The van der Waals surface area contributed by atoms with Gasteiger partial charge < -0.3 is 10.4 Å². The van der Waals surface area contributed by atoms with E-state index in [1.54, 1.807) is 18.2 Å². The fourth-order valence-corrected chi connectivity index (χ4v) is 2.67. The quantitative estimate of drug-likeness (QED) is 0.696. The van der Waals surface area contributed by atoms with Gasteiger partial charge >= 0.3 is 0 Å². The number of aliphatic hydroxyl groups excluding tert-OH is 1. The number of carbonyl (C=O) groups is 1. The summed E-state index contributed by atoms with van der Waals surface area (Å²) in [5.41, 5.74) is 1.10. The van der Waals surface area contributed by atoms with E-state index in [1.807, 2.05) is 42.5 Å². The molecule has 1 unspecified atom stereocenters. The van der Waals surface area contributed by atoms with Crippen molar-refractivity contribution in [2.45, 2.75) is 6.10 Å². The number of fused-ring (bicyclic) bond motifs is 1. The van der Waals surface area contributed by atoms with E-state index in [1.165, 1.54) is 18.2 Å². The van der Waals surface area contributed by atoms with Crippen LogP contribution in [0.15, 0.2) is 72.8 Å². The van der Waals surface area contributed by atoms with Gasteiger partial charge in [-0.2, -0.15) is 0 Å². The number of aliphatic hydroxyl groups is 1. The van der Waals surface area contributed by atoms with Crippen LogP contribution in [0.2, 0.25) is 0 Å². The van der Waals surface area contributed by atoms with Crippen LogP contribution in [0.4, 0.5) is 4.39 Å². The third-order valence-corrected chi connectivity index (χ3v) is 3.97. The van der Waals surface area contributed by atoms with Gasteiger partial charge in [0.05, 0.1) is 6.10 Å². The molecular weight excluding hydrogens is 317 g/mol. The topological polar surface area (TPSA) is 49.3 Å². The Balaban J connectivity index is 1.64. The lowest BCUT2D eigenvalue weighted by Gasteiger charge is -2.12. The monoisotopic (exact) mass is 335 g/mol. The zero-order valence-corrected chi connectivity index (χ0v) is 13.5. The summed E-state index contributed by atoms with van der Waals surface area (Å²) in [6.45, 7) is -0.0559. The first kappa shape index (κ1) is 16.9. The highest BCUT2D eigenvalue weighted by Crippen LogP contribution is 2.19. The van der Waals surface area contributed by atoms with Gasteiger partial charge in [0.1, 0.15) is 5.82 Å². The second-order valence-electron chi connectivity index (χ2n) is 5.68. The molecule has 0 heterocycles. The molecule has 0 fully saturated rings. The van der Waals surface area contributed by atoms with Crippen molar-refractivity contribution in [2.75, 3.05) is 6.54 Å². The normalized spacial score (nSPS) is 12.4. The van der Waals surface area contributed by atoms with Gasteiger partial charge in [-0.25, -0.2) is 4.39 Å². The van der Waals surface area contributed by atoms with Crippen LogP contribution in [0.3, 0.4) is 0 Å². The lowest BCUT2D eigenvalue weighted by molar-refractivity contribution is -0.116. The van der Waals surface area contributed by atoms with E-state index in [9.17, 15) is 14.3 Å². The Labute approximate surface area is 145 Å². The number of hydrogen-bond donors (Lipinski definition) is 2. The Morgan fingerprint density at radius 3 is 2.60 bits per heavy atom. The molecule has 0 bridgehead atoms. The molecule has 0 spiro atoms. The van der Waals surface area contributed by atoms with Gasteiger partial charge in [0, 0.05) is 18.2 Å². The van der Waals surface area contributed by atoms with Crippen LogP contribution in [0.5, 0.6) is 0 Å².